The lowest BCUT2D eigenvalue weighted by Crippen LogP contribution is -2.11. The quantitative estimate of drug-likeness (QED) is 0.755. The second kappa shape index (κ2) is 7.13. The third-order valence-corrected chi connectivity index (χ3v) is 5.55. The summed E-state index contributed by atoms with van der Waals surface area (Å²) in [5, 5.41) is 3.49. The summed E-state index contributed by atoms with van der Waals surface area (Å²) in [6, 6.07) is 14.9. The van der Waals surface area contributed by atoms with Gasteiger partial charge in [-0.3, -0.25) is 4.79 Å². The summed E-state index contributed by atoms with van der Waals surface area (Å²) in [5.74, 6) is 0. The van der Waals surface area contributed by atoms with Gasteiger partial charge in [-0.25, -0.2) is 0 Å². The molecule has 2 aromatic rings. The predicted octanol–water partition coefficient (Wildman–Crippen LogP) is 5.36. The fourth-order valence-corrected chi connectivity index (χ4v) is 4.23. The maximum absolute atomic E-state index is 12.1. The Bertz CT molecular complexity index is 614. The summed E-state index contributed by atoms with van der Waals surface area (Å²) in [6.07, 6.45) is 7.94. The molecule has 2 aromatic carbocycles. The van der Waals surface area contributed by atoms with Gasteiger partial charge in [0.1, 0.15) is 0 Å². The summed E-state index contributed by atoms with van der Waals surface area (Å²) in [6.45, 7) is 0. The van der Waals surface area contributed by atoms with Crippen molar-refractivity contribution < 1.29 is 4.79 Å². The lowest BCUT2D eigenvalue weighted by molar-refractivity contribution is -0.111. The molecule has 0 N–H and O–H groups in total. The normalized spacial score (nSPS) is 16.2. The van der Waals surface area contributed by atoms with Crippen molar-refractivity contribution >= 4 is 27.6 Å². The van der Waals surface area contributed by atoms with Gasteiger partial charge in [0, 0.05) is 11.7 Å². The Morgan fingerprint density at radius 1 is 1.00 bits per heavy atom. The molecule has 0 unspecified atom stereocenters. The molecule has 0 atom stereocenters. The highest BCUT2D eigenvalue weighted by atomic mass is 32.2. The number of carbonyl (C=O) groups is 1. The van der Waals surface area contributed by atoms with Crippen molar-refractivity contribution in [2.75, 3.05) is 0 Å². The average molecular weight is 298 g/mol. The molecule has 0 aliphatic heterocycles. The van der Waals surface area contributed by atoms with Crippen LogP contribution in [0.2, 0.25) is 0 Å². The third kappa shape index (κ3) is 4.10. The molecular formula is C19H22OS. The maximum atomic E-state index is 12.1. The molecule has 1 saturated carbocycles. The molecule has 1 aliphatic rings. The van der Waals surface area contributed by atoms with Gasteiger partial charge in [-0.15, -0.1) is 0 Å². The van der Waals surface area contributed by atoms with E-state index in [1.54, 1.807) is 11.8 Å². The zero-order valence-electron chi connectivity index (χ0n) is 12.4. The van der Waals surface area contributed by atoms with Gasteiger partial charge in [0.15, 0.2) is 5.12 Å². The first-order chi connectivity index (χ1) is 10.3. The first-order valence-electron chi connectivity index (χ1n) is 7.98. The average Bonchev–Trinajstić information content (AvgIpc) is 2.54. The Morgan fingerprint density at radius 2 is 1.76 bits per heavy atom. The van der Waals surface area contributed by atoms with E-state index in [4.69, 9.17) is 0 Å². The van der Waals surface area contributed by atoms with Crippen LogP contribution >= 0.6 is 11.8 Å². The van der Waals surface area contributed by atoms with E-state index >= 15 is 0 Å². The van der Waals surface area contributed by atoms with E-state index < -0.39 is 0 Å². The number of benzene rings is 2. The Balaban J connectivity index is 1.54. The van der Waals surface area contributed by atoms with Gasteiger partial charge in [-0.05, 0) is 35.6 Å². The molecule has 0 spiro atoms. The molecule has 0 amide bonds. The number of hydrogen-bond donors (Lipinski definition) is 0. The summed E-state index contributed by atoms with van der Waals surface area (Å²) in [4.78, 5) is 12.1. The monoisotopic (exact) mass is 298 g/mol. The van der Waals surface area contributed by atoms with E-state index in [1.165, 1.54) is 48.4 Å². The number of carbonyl (C=O) groups excluding carboxylic acids is 1. The summed E-state index contributed by atoms with van der Waals surface area (Å²) >= 11 is 1.60. The SMILES string of the molecule is O=C(CCc1ccc2ccccc2c1)SC1CCCCC1. The van der Waals surface area contributed by atoms with Gasteiger partial charge in [-0.2, -0.15) is 0 Å². The van der Waals surface area contributed by atoms with Crippen LogP contribution in [0, 0.1) is 0 Å². The van der Waals surface area contributed by atoms with Crippen molar-refractivity contribution in [2.45, 2.75) is 50.2 Å². The molecule has 1 nitrogen and oxygen atoms in total. The minimum absolute atomic E-state index is 0.370. The number of rotatable bonds is 4. The molecule has 21 heavy (non-hydrogen) atoms. The smallest absolute Gasteiger partial charge is 0.189 e. The number of hydrogen-bond acceptors (Lipinski definition) is 2. The summed E-state index contributed by atoms with van der Waals surface area (Å²) in [5.41, 5.74) is 1.27. The standard InChI is InChI=1S/C19H22OS/c20-19(21-18-8-2-1-3-9-18)13-11-15-10-12-16-6-4-5-7-17(16)14-15/h4-7,10,12,14,18H,1-3,8-9,11,13H2. The Labute approximate surface area is 131 Å². The number of fused-ring (bicyclic) bond motifs is 1. The summed E-state index contributed by atoms with van der Waals surface area (Å²) < 4.78 is 0. The van der Waals surface area contributed by atoms with Crippen molar-refractivity contribution in [3.05, 3.63) is 48.0 Å². The fraction of sp³-hybridized carbons (Fsp3) is 0.421. The van der Waals surface area contributed by atoms with Crippen LogP contribution in [0.3, 0.4) is 0 Å². The molecule has 0 saturated heterocycles. The van der Waals surface area contributed by atoms with E-state index in [0.29, 0.717) is 16.8 Å². The highest BCUT2D eigenvalue weighted by Gasteiger charge is 2.17. The Hall–Kier alpha value is -1.28. The summed E-state index contributed by atoms with van der Waals surface area (Å²) in [7, 11) is 0. The van der Waals surface area contributed by atoms with Gasteiger partial charge in [0.2, 0.25) is 0 Å². The van der Waals surface area contributed by atoms with Crippen molar-refractivity contribution in [2.24, 2.45) is 0 Å². The van der Waals surface area contributed by atoms with Crippen molar-refractivity contribution in [1.29, 1.82) is 0 Å². The van der Waals surface area contributed by atoms with Crippen LogP contribution in [0.15, 0.2) is 42.5 Å². The van der Waals surface area contributed by atoms with E-state index in [2.05, 4.69) is 42.5 Å². The van der Waals surface area contributed by atoms with Crippen LogP contribution in [0.4, 0.5) is 0 Å². The molecule has 0 radical (unpaired) electrons. The van der Waals surface area contributed by atoms with Crippen molar-refractivity contribution in [3.8, 4) is 0 Å². The topological polar surface area (TPSA) is 17.1 Å². The molecule has 110 valence electrons. The van der Waals surface area contributed by atoms with Crippen LogP contribution < -0.4 is 0 Å². The van der Waals surface area contributed by atoms with Crippen LogP contribution in [0.5, 0.6) is 0 Å². The number of thioether (sulfide) groups is 1. The van der Waals surface area contributed by atoms with Crippen molar-refractivity contribution in [1.82, 2.24) is 0 Å². The lowest BCUT2D eigenvalue weighted by atomic mass is 10.0. The van der Waals surface area contributed by atoms with Crippen LogP contribution in [0.25, 0.3) is 10.8 Å². The minimum atomic E-state index is 0.370. The van der Waals surface area contributed by atoms with Crippen LogP contribution in [-0.2, 0) is 11.2 Å². The van der Waals surface area contributed by atoms with Gasteiger partial charge in [0.25, 0.3) is 0 Å². The Kier molecular flexibility index (Phi) is 4.97. The Morgan fingerprint density at radius 3 is 2.57 bits per heavy atom. The first-order valence-corrected chi connectivity index (χ1v) is 8.86. The van der Waals surface area contributed by atoms with Crippen LogP contribution in [0.1, 0.15) is 44.1 Å². The first kappa shape index (κ1) is 14.6. The third-order valence-electron chi connectivity index (χ3n) is 4.28. The van der Waals surface area contributed by atoms with E-state index in [1.807, 2.05) is 0 Å². The van der Waals surface area contributed by atoms with Gasteiger partial charge >= 0.3 is 0 Å². The molecule has 0 heterocycles. The van der Waals surface area contributed by atoms with Gasteiger partial charge < -0.3 is 0 Å². The highest BCUT2D eigenvalue weighted by molar-refractivity contribution is 8.14. The van der Waals surface area contributed by atoms with Crippen molar-refractivity contribution in [3.63, 3.8) is 0 Å². The highest BCUT2D eigenvalue weighted by Crippen LogP contribution is 2.29. The van der Waals surface area contributed by atoms with E-state index in [0.717, 1.165) is 6.42 Å². The lowest BCUT2D eigenvalue weighted by Gasteiger charge is -2.19. The molecule has 1 aliphatic carbocycles. The number of aryl methyl sites for hydroxylation is 1. The molecule has 1 fully saturated rings. The fourth-order valence-electron chi connectivity index (χ4n) is 3.07. The molecule has 0 aromatic heterocycles. The zero-order valence-corrected chi connectivity index (χ0v) is 13.2. The van der Waals surface area contributed by atoms with E-state index in [-0.39, 0.29) is 0 Å². The minimum Gasteiger partial charge on any atom is -0.287 e. The van der Waals surface area contributed by atoms with E-state index in [9.17, 15) is 4.79 Å². The molecule has 0 bridgehead atoms. The molecular weight excluding hydrogens is 276 g/mol. The zero-order chi connectivity index (χ0) is 14.5. The second-order valence-corrected chi connectivity index (χ2v) is 7.29. The second-order valence-electron chi connectivity index (χ2n) is 5.93. The maximum Gasteiger partial charge on any atom is 0.189 e. The predicted molar refractivity (Wildman–Crippen MR) is 91.7 cm³/mol. The largest absolute Gasteiger partial charge is 0.287 e. The van der Waals surface area contributed by atoms with Gasteiger partial charge in [0.05, 0.1) is 0 Å². The molecule has 2 heteroatoms. The molecule has 3 rings (SSSR count). The van der Waals surface area contributed by atoms with Gasteiger partial charge in [-0.1, -0.05) is 73.5 Å². The van der Waals surface area contributed by atoms with Crippen LogP contribution in [-0.4, -0.2) is 10.4 Å².